The van der Waals surface area contributed by atoms with E-state index < -0.39 is 10.0 Å². The molecule has 0 aliphatic rings. The summed E-state index contributed by atoms with van der Waals surface area (Å²) in [6.07, 6.45) is 2.75. The summed E-state index contributed by atoms with van der Waals surface area (Å²) in [6, 6.07) is 0. The number of hydrogen-bond acceptors (Lipinski definition) is 5. The largest absolute Gasteiger partial charge is 0.351 e. The van der Waals surface area contributed by atoms with Crippen molar-refractivity contribution in [2.75, 3.05) is 26.4 Å². The molecule has 8 heteroatoms. The van der Waals surface area contributed by atoms with Gasteiger partial charge in [0.2, 0.25) is 10.0 Å². The van der Waals surface area contributed by atoms with Crippen LogP contribution in [0, 0.1) is 6.92 Å². The Hall–Kier alpha value is -1.54. The van der Waals surface area contributed by atoms with Gasteiger partial charge in [-0.1, -0.05) is 0 Å². The number of sulfonamides is 1. The summed E-state index contributed by atoms with van der Waals surface area (Å²) in [6.45, 7) is 1.74. The van der Waals surface area contributed by atoms with Crippen molar-refractivity contribution in [2.24, 2.45) is 0 Å². The van der Waals surface area contributed by atoms with Crippen molar-refractivity contribution in [3.8, 4) is 0 Å². The lowest BCUT2D eigenvalue weighted by Gasteiger charge is -2.11. The first-order valence-electron chi connectivity index (χ1n) is 5.29. The first-order valence-corrected chi connectivity index (χ1v) is 6.90. The highest BCUT2D eigenvalue weighted by atomic mass is 32.2. The SMILES string of the molecule is Cc1ncncc1C(=O)NCCS(=O)(=O)N(C)C. The number of hydrogen-bond donors (Lipinski definition) is 1. The highest BCUT2D eigenvalue weighted by molar-refractivity contribution is 7.89. The molecule has 0 saturated heterocycles. The molecular weight excluding hydrogens is 256 g/mol. The predicted molar refractivity (Wildman–Crippen MR) is 66.6 cm³/mol. The van der Waals surface area contributed by atoms with E-state index in [1.54, 1.807) is 6.92 Å². The molecule has 1 amide bonds. The van der Waals surface area contributed by atoms with Gasteiger partial charge in [-0.25, -0.2) is 22.7 Å². The maximum Gasteiger partial charge on any atom is 0.254 e. The van der Waals surface area contributed by atoms with E-state index in [4.69, 9.17) is 0 Å². The quantitative estimate of drug-likeness (QED) is 0.773. The van der Waals surface area contributed by atoms with Crippen molar-refractivity contribution >= 4 is 15.9 Å². The standard InChI is InChI=1S/C10H16N4O3S/c1-8-9(6-11-7-13-8)10(15)12-4-5-18(16,17)14(2)3/h6-7H,4-5H2,1-3H3,(H,12,15). The Balaban J connectivity index is 2.56. The highest BCUT2D eigenvalue weighted by Gasteiger charge is 2.15. The molecule has 0 fully saturated rings. The van der Waals surface area contributed by atoms with Crippen molar-refractivity contribution in [2.45, 2.75) is 6.92 Å². The van der Waals surface area contributed by atoms with Crippen LogP contribution in [0.5, 0.6) is 0 Å². The van der Waals surface area contributed by atoms with Crippen LogP contribution in [0.4, 0.5) is 0 Å². The summed E-state index contributed by atoms with van der Waals surface area (Å²) in [5.74, 6) is -0.513. The van der Waals surface area contributed by atoms with Gasteiger partial charge in [0, 0.05) is 26.8 Å². The first-order chi connectivity index (χ1) is 8.34. The van der Waals surface area contributed by atoms with Crippen LogP contribution in [0.25, 0.3) is 0 Å². The molecule has 1 aromatic heterocycles. The second kappa shape index (κ2) is 5.87. The van der Waals surface area contributed by atoms with Gasteiger partial charge in [-0.2, -0.15) is 0 Å². The smallest absolute Gasteiger partial charge is 0.254 e. The monoisotopic (exact) mass is 272 g/mol. The molecule has 0 radical (unpaired) electrons. The summed E-state index contributed by atoms with van der Waals surface area (Å²) in [4.78, 5) is 19.4. The number of nitrogens with one attached hydrogen (secondary N) is 1. The van der Waals surface area contributed by atoms with Gasteiger partial charge < -0.3 is 5.32 Å². The molecular formula is C10H16N4O3S. The van der Waals surface area contributed by atoms with Crippen molar-refractivity contribution in [1.29, 1.82) is 0 Å². The van der Waals surface area contributed by atoms with Gasteiger partial charge in [0.15, 0.2) is 0 Å². The molecule has 0 unspecified atom stereocenters. The summed E-state index contributed by atoms with van der Waals surface area (Å²) in [5.41, 5.74) is 0.901. The number of carbonyl (C=O) groups is 1. The van der Waals surface area contributed by atoms with Crippen LogP contribution in [0.3, 0.4) is 0 Å². The lowest BCUT2D eigenvalue weighted by Crippen LogP contribution is -2.34. The minimum Gasteiger partial charge on any atom is -0.351 e. The van der Waals surface area contributed by atoms with Crippen LogP contribution in [-0.4, -0.2) is 55.0 Å². The van der Waals surface area contributed by atoms with Gasteiger partial charge in [-0.05, 0) is 6.92 Å². The van der Waals surface area contributed by atoms with Crippen molar-refractivity contribution in [1.82, 2.24) is 19.6 Å². The second-order valence-electron chi connectivity index (χ2n) is 3.88. The van der Waals surface area contributed by atoms with Crippen molar-refractivity contribution < 1.29 is 13.2 Å². The predicted octanol–water partition coefficient (Wildman–Crippen LogP) is -0.594. The molecule has 0 spiro atoms. The fourth-order valence-corrected chi connectivity index (χ4v) is 1.91. The molecule has 7 nitrogen and oxygen atoms in total. The van der Waals surface area contributed by atoms with Gasteiger partial charge >= 0.3 is 0 Å². The van der Waals surface area contributed by atoms with E-state index in [1.165, 1.54) is 26.6 Å². The number of rotatable bonds is 5. The Morgan fingerprint density at radius 1 is 1.44 bits per heavy atom. The third-order valence-corrected chi connectivity index (χ3v) is 4.19. The molecule has 0 atom stereocenters. The summed E-state index contributed by atoms with van der Waals surface area (Å²) >= 11 is 0. The number of nitrogens with zero attached hydrogens (tertiary/aromatic N) is 3. The van der Waals surface area contributed by atoms with Gasteiger partial charge in [0.05, 0.1) is 17.0 Å². The molecule has 1 N–H and O–H groups in total. The minimum atomic E-state index is -3.30. The van der Waals surface area contributed by atoms with E-state index in [-0.39, 0.29) is 18.2 Å². The van der Waals surface area contributed by atoms with E-state index in [2.05, 4.69) is 15.3 Å². The van der Waals surface area contributed by atoms with Crippen molar-refractivity contribution in [3.05, 3.63) is 23.8 Å². The van der Waals surface area contributed by atoms with Crippen LogP contribution in [0.15, 0.2) is 12.5 Å². The molecule has 1 heterocycles. The van der Waals surface area contributed by atoms with Gasteiger partial charge in [-0.3, -0.25) is 4.79 Å². The zero-order chi connectivity index (χ0) is 13.8. The lowest BCUT2D eigenvalue weighted by atomic mass is 10.2. The molecule has 0 bridgehead atoms. The zero-order valence-corrected chi connectivity index (χ0v) is 11.4. The second-order valence-corrected chi connectivity index (χ2v) is 6.18. The number of carbonyl (C=O) groups excluding carboxylic acids is 1. The third kappa shape index (κ3) is 3.74. The van der Waals surface area contributed by atoms with E-state index in [0.29, 0.717) is 11.3 Å². The molecule has 1 rings (SSSR count). The van der Waals surface area contributed by atoms with Crippen LogP contribution in [0.1, 0.15) is 16.1 Å². The van der Waals surface area contributed by atoms with Gasteiger partial charge in [0.25, 0.3) is 5.91 Å². The van der Waals surface area contributed by atoms with E-state index in [9.17, 15) is 13.2 Å². The maximum absolute atomic E-state index is 11.7. The van der Waals surface area contributed by atoms with Crippen LogP contribution < -0.4 is 5.32 Å². The third-order valence-electron chi connectivity index (χ3n) is 2.36. The molecule has 1 aromatic rings. The Morgan fingerprint density at radius 2 is 2.11 bits per heavy atom. The zero-order valence-electron chi connectivity index (χ0n) is 10.5. The average molecular weight is 272 g/mol. The Kier molecular flexibility index (Phi) is 4.74. The molecule has 0 aromatic carbocycles. The molecule has 100 valence electrons. The number of aryl methyl sites for hydroxylation is 1. The summed E-state index contributed by atoms with van der Waals surface area (Å²) in [7, 11) is -0.397. The topological polar surface area (TPSA) is 92.3 Å². The first kappa shape index (κ1) is 14.5. The van der Waals surface area contributed by atoms with Crippen LogP contribution in [0.2, 0.25) is 0 Å². The Morgan fingerprint density at radius 3 is 2.67 bits per heavy atom. The highest BCUT2D eigenvalue weighted by Crippen LogP contribution is 2.01. The normalized spacial score (nSPS) is 11.6. The van der Waals surface area contributed by atoms with Crippen LogP contribution in [-0.2, 0) is 10.0 Å². The molecule has 0 aliphatic heterocycles. The van der Waals surface area contributed by atoms with E-state index in [1.807, 2.05) is 0 Å². The number of amides is 1. The van der Waals surface area contributed by atoms with Crippen LogP contribution >= 0.6 is 0 Å². The maximum atomic E-state index is 11.7. The summed E-state index contributed by atoms with van der Waals surface area (Å²) in [5, 5.41) is 2.53. The Bertz CT molecular complexity index is 528. The van der Waals surface area contributed by atoms with Gasteiger partial charge in [0.1, 0.15) is 6.33 Å². The molecule has 0 saturated carbocycles. The summed E-state index contributed by atoms with van der Waals surface area (Å²) < 4.78 is 24.1. The van der Waals surface area contributed by atoms with Gasteiger partial charge in [-0.15, -0.1) is 0 Å². The fraction of sp³-hybridized carbons (Fsp3) is 0.500. The number of aromatic nitrogens is 2. The molecule has 0 aliphatic carbocycles. The lowest BCUT2D eigenvalue weighted by molar-refractivity contribution is 0.0954. The van der Waals surface area contributed by atoms with E-state index >= 15 is 0 Å². The minimum absolute atomic E-state index is 0.0493. The fourth-order valence-electron chi connectivity index (χ4n) is 1.19. The Labute approximate surface area is 106 Å². The van der Waals surface area contributed by atoms with Crippen molar-refractivity contribution in [3.63, 3.8) is 0 Å². The molecule has 18 heavy (non-hydrogen) atoms. The van der Waals surface area contributed by atoms with E-state index in [0.717, 1.165) is 4.31 Å². The average Bonchev–Trinajstić information content (AvgIpc) is 2.29.